The van der Waals surface area contributed by atoms with Crippen LogP contribution in [-0.4, -0.2) is 24.1 Å². The Morgan fingerprint density at radius 3 is 2.28 bits per heavy atom. The highest BCUT2D eigenvalue weighted by molar-refractivity contribution is 5.78. The Labute approximate surface area is 145 Å². The molecule has 132 valence electrons. The van der Waals surface area contributed by atoms with Crippen molar-refractivity contribution in [3.05, 3.63) is 65.5 Å². The maximum absolute atomic E-state index is 12.9. The molecule has 0 fully saturated rings. The van der Waals surface area contributed by atoms with Crippen LogP contribution in [-0.2, 0) is 16.1 Å². The summed E-state index contributed by atoms with van der Waals surface area (Å²) >= 11 is 0. The van der Waals surface area contributed by atoms with Crippen molar-refractivity contribution in [1.29, 1.82) is 0 Å². The Hall–Kier alpha value is -2.89. The van der Waals surface area contributed by atoms with E-state index in [0.29, 0.717) is 5.75 Å². The van der Waals surface area contributed by atoms with Gasteiger partial charge in [-0.15, -0.1) is 0 Å². The fourth-order valence-corrected chi connectivity index (χ4v) is 2.49. The minimum Gasteiger partial charge on any atom is -0.497 e. The lowest BCUT2D eigenvalue weighted by molar-refractivity contribution is -0.137. The molecule has 0 unspecified atom stereocenters. The molecule has 5 nitrogen and oxygen atoms in total. The van der Waals surface area contributed by atoms with Gasteiger partial charge in [0.1, 0.15) is 11.6 Å². The molecule has 2 aromatic rings. The third kappa shape index (κ3) is 5.91. The van der Waals surface area contributed by atoms with E-state index in [9.17, 15) is 14.0 Å². The van der Waals surface area contributed by atoms with E-state index in [4.69, 9.17) is 9.84 Å². The van der Waals surface area contributed by atoms with Gasteiger partial charge in [-0.05, 0) is 35.4 Å². The van der Waals surface area contributed by atoms with Gasteiger partial charge in [-0.25, -0.2) is 4.39 Å². The van der Waals surface area contributed by atoms with E-state index in [-0.39, 0.29) is 31.1 Å². The van der Waals surface area contributed by atoms with Crippen molar-refractivity contribution in [1.82, 2.24) is 5.32 Å². The number of nitrogens with one attached hydrogen (secondary N) is 1. The topological polar surface area (TPSA) is 75.6 Å². The number of hydrogen-bond acceptors (Lipinski definition) is 3. The molecule has 0 aromatic heterocycles. The van der Waals surface area contributed by atoms with Crippen molar-refractivity contribution >= 4 is 11.9 Å². The van der Waals surface area contributed by atoms with Gasteiger partial charge in [0.05, 0.1) is 13.5 Å². The second-order valence-electron chi connectivity index (χ2n) is 5.68. The van der Waals surface area contributed by atoms with E-state index in [1.807, 2.05) is 0 Å². The maximum atomic E-state index is 12.9. The fourth-order valence-electron chi connectivity index (χ4n) is 2.49. The molecule has 0 aliphatic rings. The lowest BCUT2D eigenvalue weighted by Gasteiger charge is -2.16. The number of aliphatic carboxylic acids is 1. The number of carboxylic acids is 1. The molecule has 1 amide bonds. The number of rotatable bonds is 8. The number of methoxy groups -OCH3 is 1. The number of carbonyl (C=O) groups is 2. The number of carbonyl (C=O) groups excluding carboxylic acids is 1. The van der Waals surface area contributed by atoms with Gasteiger partial charge in [0.25, 0.3) is 0 Å². The number of benzene rings is 2. The quantitative estimate of drug-likeness (QED) is 0.771. The first-order chi connectivity index (χ1) is 12.0. The van der Waals surface area contributed by atoms with Crippen LogP contribution >= 0.6 is 0 Å². The molecule has 0 aliphatic heterocycles. The first-order valence-corrected chi connectivity index (χ1v) is 7.85. The van der Waals surface area contributed by atoms with Gasteiger partial charge in [0, 0.05) is 18.9 Å². The number of amides is 1. The first-order valence-electron chi connectivity index (χ1n) is 7.85. The molecule has 0 bridgehead atoms. The van der Waals surface area contributed by atoms with Crippen LogP contribution < -0.4 is 10.1 Å². The minimum absolute atomic E-state index is 0.0554. The van der Waals surface area contributed by atoms with E-state index in [2.05, 4.69) is 5.32 Å². The third-order valence-corrected chi connectivity index (χ3v) is 3.84. The second-order valence-corrected chi connectivity index (χ2v) is 5.68. The van der Waals surface area contributed by atoms with Crippen LogP contribution in [0.4, 0.5) is 4.39 Å². The van der Waals surface area contributed by atoms with Crippen LogP contribution in [0.5, 0.6) is 5.75 Å². The van der Waals surface area contributed by atoms with Crippen molar-refractivity contribution < 1.29 is 23.8 Å². The molecule has 0 radical (unpaired) electrons. The summed E-state index contributed by atoms with van der Waals surface area (Å²) in [5.74, 6) is -1.33. The molecule has 1 atom stereocenters. The Bertz CT molecular complexity index is 713. The minimum atomic E-state index is -0.966. The standard InChI is InChI=1S/C19H20FNO4/c1-25-17-8-4-14(5-9-17)15(11-19(23)24)10-18(22)21-12-13-2-6-16(20)7-3-13/h2-9,15H,10-12H2,1H3,(H,21,22)(H,23,24)/t15-/m0/s1. The molecular weight excluding hydrogens is 325 g/mol. The zero-order chi connectivity index (χ0) is 18.2. The van der Waals surface area contributed by atoms with Crippen LogP contribution in [0.2, 0.25) is 0 Å². The van der Waals surface area contributed by atoms with Gasteiger partial charge in [-0.3, -0.25) is 9.59 Å². The summed E-state index contributed by atoms with van der Waals surface area (Å²) in [5, 5.41) is 11.8. The zero-order valence-corrected chi connectivity index (χ0v) is 13.9. The summed E-state index contributed by atoms with van der Waals surface area (Å²) in [5.41, 5.74) is 1.54. The van der Waals surface area contributed by atoms with E-state index in [1.54, 1.807) is 43.5 Å². The van der Waals surface area contributed by atoms with Crippen molar-refractivity contribution in [2.45, 2.75) is 25.3 Å². The molecule has 0 spiro atoms. The smallest absolute Gasteiger partial charge is 0.303 e. The van der Waals surface area contributed by atoms with E-state index >= 15 is 0 Å². The van der Waals surface area contributed by atoms with Gasteiger partial charge in [-0.1, -0.05) is 24.3 Å². The number of carboxylic acid groups (broad SMARTS) is 1. The Balaban J connectivity index is 1.98. The number of halogens is 1. The molecule has 6 heteroatoms. The van der Waals surface area contributed by atoms with Crippen LogP contribution in [0.1, 0.15) is 29.9 Å². The highest BCUT2D eigenvalue weighted by Gasteiger charge is 2.19. The normalized spacial score (nSPS) is 11.6. The number of ether oxygens (including phenoxy) is 1. The third-order valence-electron chi connectivity index (χ3n) is 3.84. The predicted molar refractivity (Wildman–Crippen MR) is 90.9 cm³/mol. The van der Waals surface area contributed by atoms with Crippen molar-refractivity contribution in [3.63, 3.8) is 0 Å². The summed E-state index contributed by atoms with van der Waals surface area (Å²) in [6.07, 6.45) is -0.0872. The molecule has 2 rings (SSSR count). The van der Waals surface area contributed by atoms with Crippen LogP contribution in [0.15, 0.2) is 48.5 Å². The van der Waals surface area contributed by atoms with Gasteiger partial charge >= 0.3 is 5.97 Å². The molecule has 2 aromatic carbocycles. The Kier molecular flexibility index (Phi) is 6.51. The summed E-state index contributed by atoms with van der Waals surface area (Å²) in [6.45, 7) is 0.265. The highest BCUT2D eigenvalue weighted by atomic mass is 19.1. The largest absolute Gasteiger partial charge is 0.497 e. The van der Waals surface area contributed by atoms with Crippen molar-refractivity contribution in [3.8, 4) is 5.75 Å². The molecule has 0 aliphatic carbocycles. The van der Waals surface area contributed by atoms with E-state index in [0.717, 1.165) is 11.1 Å². The Morgan fingerprint density at radius 1 is 1.08 bits per heavy atom. The maximum Gasteiger partial charge on any atom is 0.303 e. The van der Waals surface area contributed by atoms with Crippen molar-refractivity contribution in [2.24, 2.45) is 0 Å². The lowest BCUT2D eigenvalue weighted by atomic mass is 9.92. The van der Waals surface area contributed by atoms with Gasteiger partial charge in [0.2, 0.25) is 5.91 Å². The van der Waals surface area contributed by atoms with Gasteiger partial charge in [-0.2, -0.15) is 0 Å². The summed E-state index contributed by atoms with van der Waals surface area (Å²) < 4.78 is 18.0. The monoisotopic (exact) mass is 345 g/mol. The fraction of sp³-hybridized carbons (Fsp3) is 0.263. The van der Waals surface area contributed by atoms with Gasteiger partial charge in [0.15, 0.2) is 0 Å². The number of hydrogen-bond donors (Lipinski definition) is 2. The summed E-state index contributed by atoms with van der Waals surface area (Å²) in [4.78, 5) is 23.3. The van der Waals surface area contributed by atoms with E-state index < -0.39 is 11.9 Å². The molecular formula is C19H20FNO4. The SMILES string of the molecule is COc1ccc([C@H](CC(=O)O)CC(=O)NCc2ccc(F)cc2)cc1. The van der Waals surface area contributed by atoms with Crippen LogP contribution in [0, 0.1) is 5.82 Å². The first kappa shape index (κ1) is 18.4. The predicted octanol–water partition coefficient (Wildman–Crippen LogP) is 3.10. The molecule has 0 saturated heterocycles. The summed E-state index contributed by atoms with van der Waals surface area (Å²) in [7, 11) is 1.55. The molecule has 0 heterocycles. The lowest BCUT2D eigenvalue weighted by Crippen LogP contribution is -2.25. The molecule has 25 heavy (non-hydrogen) atoms. The average Bonchev–Trinajstić information content (AvgIpc) is 2.60. The van der Waals surface area contributed by atoms with Crippen LogP contribution in [0.3, 0.4) is 0 Å². The molecule has 2 N–H and O–H groups in total. The average molecular weight is 345 g/mol. The molecule has 0 saturated carbocycles. The highest BCUT2D eigenvalue weighted by Crippen LogP contribution is 2.25. The van der Waals surface area contributed by atoms with Gasteiger partial charge < -0.3 is 15.2 Å². The van der Waals surface area contributed by atoms with Crippen molar-refractivity contribution in [2.75, 3.05) is 7.11 Å². The zero-order valence-electron chi connectivity index (χ0n) is 13.9. The summed E-state index contributed by atoms with van der Waals surface area (Å²) in [6, 6.07) is 12.8. The Morgan fingerprint density at radius 2 is 1.72 bits per heavy atom. The van der Waals surface area contributed by atoms with E-state index in [1.165, 1.54) is 12.1 Å². The second kappa shape index (κ2) is 8.82. The van der Waals surface area contributed by atoms with Crippen LogP contribution in [0.25, 0.3) is 0 Å².